The second-order valence-electron chi connectivity index (χ2n) is 4.08. The summed E-state index contributed by atoms with van der Waals surface area (Å²) in [5.74, 6) is -1.99. The molecule has 0 aromatic heterocycles. The van der Waals surface area contributed by atoms with Crippen LogP contribution < -0.4 is 10.0 Å². The molecule has 0 aliphatic carbocycles. The number of nitrogens with one attached hydrogen (secondary N) is 2. The summed E-state index contributed by atoms with van der Waals surface area (Å²) >= 11 is 0. The van der Waals surface area contributed by atoms with Gasteiger partial charge in [-0.3, -0.25) is 9.59 Å². The molecule has 9 heteroatoms. The summed E-state index contributed by atoms with van der Waals surface area (Å²) in [6.07, 6.45) is 0. The molecule has 0 saturated carbocycles. The molecule has 1 rings (SSSR count). The molecular weight excluding hydrogens is 298 g/mol. The van der Waals surface area contributed by atoms with Gasteiger partial charge in [-0.05, 0) is 30.7 Å². The van der Waals surface area contributed by atoms with E-state index < -0.39 is 35.0 Å². The third-order valence-corrected chi connectivity index (χ3v) is 3.89. The minimum atomic E-state index is -3.91. The fourth-order valence-electron chi connectivity index (χ4n) is 1.41. The van der Waals surface area contributed by atoms with Crippen molar-refractivity contribution in [2.75, 3.05) is 13.1 Å². The Morgan fingerprint density at radius 2 is 2.00 bits per heavy atom. The molecule has 1 amide bonds. The molecule has 0 atom stereocenters. The van der Waals surface area contributed by atoms with Crippen LogP contribution in [-0.4, -0.2) is 38.5 Å². The molecule has 0 heterocycles. The largest absolute Gasteiger partial charge is 0.480 e. The van der Waals surface area contributed by atoms with Gasteiger partial charge in [0.15, 0.2) is 0 Å². The number of benzene rings is 1. The number of hydrogen-bond acceptors (Lipinski definition) is 5. The van der Waals surface area contributed by atoms with Gasteiger partial charge < -0.3 is 10.4 Å². The zero-order valence-electron chi connectivity index (χ0n) is 11.1. The van der Waals surface area contributed by atoms with E-state index in [2.05, 4.69) is 0 Å². The van der Waals surface area contributed by atoms with Crippen molar-refractivity contribution in [1.29, 1.82) is 5.26 Å². The zero-order chi connectivity index (χ0) is 16.0. The van der Waals surface area contributed by atoms with Crippen molar-refractivity contribution < 1.29 is 23.1 Å². The number of aliphatic carboxylic acids is 1. The first-order valence-electron chi connectivity index (χ1n) is 5.75. The van der Waals surface area contributed by atoms with Crippen LogP contribution in [0.25, 0.3) is 0 Å². The first-order chi connectivity index (χ1) is 9.76. The van der Waals surface area contributed by atoms with Crippen LogP contribution >= 0.6 is 0 Å². The molecule has 0 fully saturated rings. The first-order valence-corrected chi connectivity index (χ1v) is 7.23. The Bertz CT molecular complexity index is 706. The number of carbonyl (C=O) groups excluding carboxylic acids is 1. The van der Waals surface area contributed by atoms with E-state index in [9.17, 15) is 18.0 Å². The molecule has 112 valence electrons. The standard InChI is InChI=1S/C12H13N3O5S/c1-8-4-10(3-2-9(8)5-13)21(19,20)15-6-11(16)14-7-12(17)18/h2-4,15H,6-7H2,1H3,(H,14,16)(H,17,18). The average molecular weight is 311 g/mol. The molecule has 3 N–H and O–H groups in total. The summed E-state index contributed by atoms with van der Waals surface area (Å²) in [5, 5.41) is 19.2. The molecule has 0 bridgehead atoms. The molecular formula is C12H13N3O5S. The summed E-state index contributed by atoms with van der Waals surface area (Å²) in [6.45, 7) is 0.433. The van der Waals surface area contributed by atoms with E-state index in [1.165, 1.54) is 18.2 Å². The highest BCUT2D eigenvalue weighted by Gasteiger charge is 2.16. The Hall–Kier alpha value is -2.44. The van der Waals surface area contributed by atoms with Gasteiger partial charge in [0.2, 0.25) is 15.9 Å². The lowest BCUT2D eigenvalue weighted by molar-refractivity contribution is -0.137. The Balaban J connectivity index is 2.74. The molecule has 1 aromatic carbocycles. The van der Waals surface area contributed by atoms with Crippen molar-refractivity contribution in [2.45, 2.75) is 11.8 Å². The Kier molecular flexibility index (Phi) is 5.40. The SMILES string of the molecule is Cc1cc(S(=O)(=O)NCC(=O)NCC(=O)O)ccc1C#N. The topological polar surface area (TPSA) is 136 Å². The maximum absolute atomic E-state index is 11.9. The maximum atomic E-state index is 11.9. The van der Waals surface area contributed by atoms with Crippen molar-refractivity contribution in [3.8, 4) is 6.07 Å². The summed E-state index contributed by atoms with van der Waals surface area (Å²) in [4.78, 5) is 21.4. The Morgan fingerprint density at radius 1 is 1.33 bits per heavy atom. The number of aryl methyl sites for hydroxylation is 1. The fraction of sp³-hybridized carbons (Fsp3) is 0.250. The second kappa shape index (κ2) is 6.83. The minimum Gasteiger partial charge on any atom is -0.480 e. The number of rotatable bonds is 6. The molecule has 0 aliphatic rings. The molecule has 0 radical (unpaired) electrons. The van der Waals surface area contributed by atoms with Crippen LogP contribution in [0.5, 0.6) is 0 Å². The monoisotopic (exact) mass is 311 g/mol. The molecule has 0 spiro atoms. The normalized spacial score (nSPS) is 10.7. The van der Waals surface area contributed by atoms with E-state index in [0.717, 1.165) is 0 Å². The van der Waals surface area contributed by atoms with E-state index in [1.807, 2.05) is 16.1 Å². The van der Waals surface area contributed by atoms with Gasteiger partial charge in [0.05, 0.1) is 23.1 Å². The highest BCUT2D eigenvalue weighted by molar-refractivity contribution is 7.89. The number of amides is 1. The van der Waals surface area contributed by atoms with E-state index in [0.29, 0.717) is 11.1 Å². The van der Waals surface area contributed by atoms with Gasteiger partial charge >= 0.3 is 5.97 Å². The maximum Gasteiger partial charge on any atom is 0.322 e. The lowest BCUT2D eigenvalue weighted by atomic mass is 10.1. The predicted molar refractivity (Wildman–Crippen MR) is 71.7 cm³/mol. The van der Waals surface area contributed by atoms with Crippen LogP contribution in [0, 0.1) is 18.3 Å². The molecule has 8 nitrogen and oxygen atoms in total. The highest BCUT2D eigenvalue weighted by atomic mass is 32.2. The summed E-state index contributed by atoms with van der Waals surface area (Å²) in [5.41, 5.74) is 0.851. The Labute approximate surface area is 121 Å². The number of hydrogen-bond donors (Lipinski definition) is 3. The van der Waals surface area contributed by atoms with Crippen molar-refractivity contribution in [1.82, 2.24) is 10.0 Å². The van der Waals surface area contributed by atoms with Crippen LogP contribution in [0.4, 0.5) is 0 Å². The van der Waals surface area contributed by atoms with Crippen LogP contribution in [0.15, 0.2) is 23.1 Å². The smallest absolute Gasteiger partial charge is 0.322 e. The quantitative estimate of drug-likeness (QED) is 0.638. The van der Waals surface area contributed by atoms with Gasteiger partial charge in [0.1, 0.15) is 6.54 Å². The molecule has 0 aliphatic heterocycles. The number of carboxylic acid groups (broad SMARTS) is 1. The second-order valence-corrected chi connectivity index (χ2v) is 5.85. The van der Waals surface area contributed by atoms with Gasteiger partial charge in [-0.1, -0.05) is 0 Å². The van der Waals surface area contributed by atoms with Crippen molar-refractivity contribution in [3.63, 3.8) is 0 Å². The van der Waals surface area contributed by atoms with Crippen LogP contribution in [0.2, 0.25) is 0 Å². The van der Waals surface area contributed by atoms with Crippen LogP contribution in [0.3, 0.4) is 0 Å². The van der Waals surface area contributed by atoms with E-state index >= 15 is 0 Å². The molecule has 0 unspecified atom stereocenters. The summed E-state index contributed by atoms with van der Waals surface area (Å²) < 4.78 is 25.9. The fourth-order valence-corrected chi connectivity index (χ4v) is 2.48. The van der Waals surface area contributed by atoms with Crippen LogP contribution in [-0.2, 0) is 19.6 Å². The third-order valence-electron chi connectivity index (χ3n) is 2.49. The summed E-state index contributed by atoms with van der Waals surface area (Å²) in [7, 11) is -3.91. The van der Waals surface area contributed by atoms with Gasteiger partial charge in [-0.2, -0.15) is 5.26 Å². The number of nitriles is 1. The van der Waals surface area contributed by atoms with Crippen molar-refractivity contribution in [3.05, 3.63) is 29.3 Å². The van der Waals surface area contributed by atoms with E-state index in [-0.39, 0.29) is 4.90 Å². The van der Waals surface area contributed by atoms with Gasteiger partial charge in [0, 0.05) is 0 Å². The molecule has 0 saturated heterocycles. The summed E-state index contributed by atoms with van der Waals surface area (Å²) in [6, 6.07) is 5.85. The van der Waals surface area contributed by atoms with Crippen molar-refractivity contribution >= 4 is 21.9 Å². The number of nitrogens with zero attached hydrogens (tertiary/aromatic N) is 1. The Morgan fingerprint density at radius 3 is 2.52 bits per heavy atom. The number of carboxylic acids is 1. The lowest BCUT2D eigenvalue weighted by Gasteiger charge is -2.08. The number of sulfonamides is 1. The van der Waals surface area contributed by atoms with Crippen LogP contribution in [0.1, 0.15) is 11.1 Å². The number of carbonyl (C=O) groups is 2. The highest BCUT2D eigenvalue weighted by Crippen LogP contribution is 2.14. The van der Waals surface area contributed by atoms with Gasteiger partial charge in [-0.25, -0.2) is 13.1 Å². The predicted octanol–water partition coefficient (Wildman–Crippen LogP) is -0.654. The average Bonchev–Trinajstić information content (AvgIpc) is 2.42. The third kappa shape index (κ3) is 4.87. The van der Waals surface area contributed by atoms with Crippen molar-refractivity contribution in [2.24, 2.45) is 0 Å². The lowest BCUT2D eigenvalue weighted by Crippen LogP contribution is -2.39. The van der Waals surface area contributed by atoms with E-state index in [1.54, 1.807) is 6.92 Å². The molecule has 1 aromatic rings. The van der Waals surface area contributed by atoms with Gasteiger partial charge in [0.25, 0.3) is 0 Å². The van der Waals surface area contributed by atoms with Gasteiger partial charge in [-0.15, -0.1) is 0 Å². The van der Waals surface area contributed by atoms with E-state index in [4.69, 9.17) is 10.4 Å². The minimum absolute atomic E-state index is 0.0787. The molecule has 21 heavy (non-hydrogen) atoms. The zero-order valence-corrected chi connectivity index (χ0v) is 11.9. The first kappa shape index (κ1) is 16.6.